The van der Waals surface area contributed by atoms with E-state index in [-0.39, 0.29) is 11.9 Å². The summed E-state index contributed by atoms with van der Waals surface area (Å²) in [5.41, 5.74) is 0.647. The van der Waals surface area contributed by atoms with Crippen molar-refractivity contribution in [1.82, 2.24) is 5.32 Å². The minimum atomic E-state index is -0.0207. The molecule has 2 atom stereocenters. The topological polar surface area (TPSA) is 42.2 Å². The lowest BCUT2D eigenvalue weighted by Crippen LogP contribution is -2.40. The summed E-state index contributed by atoms with van der Waals surface area (Å²) in [6.45, 7) is 1.81. The van der Waals surface area contributed by atoms with Gasteiger partial charge in [-0.25, -0.2) is 0 Å². The van der Waals surface area contributed by atoms with Gasteiger partial charge in [-0.2, -0.15) is 0 Å². The number of alkyl halides is 1. The van der Waals surface area contributed by atoms with E-state index in [0.29, 0.717) is 16.2 Å². The van der Waals surface area contributed by atoms with Crippen LogP contribution >= 0.6 is 15.9 Å². The molecule has 1 heterocycles. The third kappa shape index (κ3) is 3.12. The average Bonchev–Trinajstić information content (AvgIpc) is 2.63. The van der Waals surface area contributed by atoms with Crippen molar-refractivity contribution in [2.24, 2.45) is 0 Å². The molecule has 1 fully saturated rings. The maximum absolute atomic E-state index is 12.1. The first-order valence-corrected chi connectivity index (χ1v) is 7.09. The second-order valence-electron chi connectivity index (χ2n) is 4.62. The monoisotopic (exact) mass is 299 g/mol. The van der Waals surface area contributed by atoms with Crippen molar-refractivity contribution in [2.45, 2.75) is 49.9 Å². The quantitative estimate of drug-likeness (QED) is 0.672. The molecule has 0 radical (unpaired) electrons. The molecule has 17 heavy (non-hydrogen) atoms. The smallest absolute Gasteiger partial charge is 0.255 e. The summed E-state index contributed by atoms with van der Waals surface area (Å²) in [5.74, 6) is 0.662. The third-order valence-electron chi connectivity index (χ3n) is 3.35. The lowest BCUT2D eigenvalue weighted by Gasteiger charge is -2.21. The van der Waals surface area contributed by atoms with E-state index in [1.807, 2.05) is 6.92 Å². The maximum Gasteiger partial charge on any atom is 0.255 e. The molecule has 2 unspecified atom stereocenters. The SMILES string of the molecule is Cc1occc1C(=O)NC1CCCCCC1Br. The number of nitrogens with one attached hydrogen (secondary N) is 1. The molecule has 4 heteroatoms. The van der Waals surface area contributed by atoms with Gasteiger partial charge in [0.25, 0.3) is 5.91 Å². The van der Waals surface area contributed by atoms with Gasteiger partial charge < -0.3 is 9.73 Å². The van der Waals surface area contributed by atoms with Crippen molar-refractivity contribution in [2.75, 3.05) is 0 Å². The summed E-state index contributed by atoms with van der Waals surface area (Å²) in [5, 5.41) is 3.11. The second kappa shape index (κ2) is 5.71. The van der Waals surface area contributed by atoms with Gasteiger partial charge in [-0.1, -0.05) is 35.2 Å². The van der Waals surface area contributed by atoms with E-state index in [9.17, 15) is 4.79 Å². The molecule has 0 saturated heterocycles. The van der Waals surface area contributed by atoms with Crippen molar-refractivity contribution >= 4 is 21.8 Å². The Hall–Kier alpha value is -0.770. The maximum atomic E-state index is 12.1. The van der Waals surface area contributed by atoms with Crippen LogP contribution in [-0.2, 0) is 0 Å². The lowest BCUT2D eigenvalue weighted by atomic mass is 10.1. The van der Waals surface area contributed by atoms with E-state index >= 15 is 0 Å². The molecule has 94 valence electrons. The molecular formula is C13H18BrNO2. The molecule has 1 aromatic rings. The van der Waals surface area contributed by atoms with E-state index in [4.69, 9.17) is 4.42 Å². The standard InChI is InChI=1S/C13H18BrNO2/c1-9-10(7-8-17-9)13(16)15-12-6-4-2-3-5-11(12)14/h7-8,11-12H,2-6H2,1H3,(H,15,16). The van der Waals surface area contributed by atoms with Gasteiger partial charge in [0.05, 0.1) is 11.8 Å². The molecule has 1 aliphatic rings. The summed E-state index contributed by atoms with van der Waals surface area (Å²) >= 11 is 3.68. The number of hydrogen-bond donors (Lipinski definition) is 1. The van der Waals surface area contributed by atoms with E-state index in [1.54, 1.807) is 12.3 Å². The number of carbonyl (C=O) groups is 1. The molecule has 2 rings (SSSR count). The van der Waals surface area contributed by atoms with Crippen molar-refractivity contribution in [3.05, 3.63) is 23.7 Å². The molecular weight excluding hydrogens is 282 g/mol. The Morgan fingerprint density at radius 3 is 2.88 bits per heavy atom. The van der Waals surface area contributed by atoms with Crippen molar-refractivity contribution in [3.63, 3.8) is 0 Å². The predicted molar refractivity (Wildman–Crippen MR) is 70.5 cm³/mol. The molecule has 0 bridgehead atoms. The number of amides is 1. The van der Waals surface area contributed by atoms with E-state index in [0.717, 1.165) is 12.8 Å². The fourth-order valence-corrected chi connectivity index (χ4v) is 3.01. The first-order chi connectivity index (χ1) is 8.18. The highest BCUT2D eigenvalue weighted by Gasteiger charge is 2.24. The van der Waals surface area contributed by atoms with Gasteiger partial charge in [0.2, 0.25) is 0 Å². The van der Waals surface area contributed by atoms with Gasteiger partial charge in [0, 0.05) is 10.9 Å². The fourth-order valence-electron chi connectivity index (χ4n) is 2.29. The third-order valence-corrected chi connectivity index (χ3v) is 4.45. The molecule has 0 aliphatic heterocycles. The minimum absolute atomic E-state index is 0.0207. The summed E-state index contributed by atoms with van der Waals surface area (Å²) in [6, 6.07) is 1.96. The summed E-state index contributed by atoms with van der Waals surface area (Å²) in [7, 11) is 0. The number of halogens is 1. The number of hydrogen-bond acceptors (Lipinski definition) is 2. The highest BCUT2D eigenvalue weighted by molar-refractivity contribution is 9.09. The number of aryl methyl sites for hydroxylation is 1. The van der Waals surface area contributed by atoms with Gasteiger partial charge in [-0.05, 0) is 25.8 Å². The Morgan fingerprint density at radius 2 is 2.18 bits per heavy atom. The normalized spacial score (nSPS) is 25.3. The Bertz CT molecular complexity index is 389. The minimum Gasteiger partial charge on any atom is -0.469 e. The Balaban J connectivity index is 2.00. The number of rotatable bonds is 2. The molecule has 3 nitrogen and oxygen atoms in total. The van der Waals surface area contributed by atoms with Crippen LogP contribution in [0.3, 0.4) is 0 Å². The van der Waals surface area contributed by atoms with Crippen LogP contribution in [0.2, 0.25) is 0 Å². The number of furan rings is 1. The van der Waals surface area contributed by atoms with Gasteiger partial charge in [0.15, 0.2) is 0 Å². The van der Waals surface area contributed by atoms with Crippen molar-refractivity contribution < 1.29 is 9.21 Å². The fraction of sp³-hybridized carbons (Fsp3) is 0.615. The van der Waals surface area contributed by atoms with Crippen molar-refractivity contribution in [1.29, 1.82) is 0 Å². The lowest BCUT2D eigenvalue weighted by molar-refractivity contribution is 0.0933. The predicted octanol–water partition coefficient (Wildman–Crippen LogP) is 3.41. The zero-order valence-electron chi connectivity index (χ0n) is 10.0. The van der Waals surface area contributed by atoms with Gasteiger partial charge >= 0.3 is 0 Å². The first-order valence-electron chi connectivity index (χ1n) is 6.17. The van der Waals surface area contributed by atoms with E-state index in [1.165, 1.54) is 19.3 Å². The van der Waals surface area contributed by atoms with Crippen LogP contribution in [0.1, 0.15) is 48.2 Å². The van der Waals surface area contributed by atoms with Crippen LogP contribution in [-0.4, -0.2) is 16.8 Å². The van der Waals surface area contributed by atoms with Crippen LogP contribution in [0, 0.1) is 6.92 Å². The zero-order valence-corrected chi connectivity index (χ0v) is 11.6. The van der Waals surface area contributed by atoms with Crippen LogP contribution in [0.5, 0.6) is 0 Å². The van der Waals surface area contributed by atoms with Crippen molar-refractivity contribution in [3.8, 4) is 0 Å². The summed E-state index contributed by atoms with van der Waals surface area (Å²) in [4.78, 5) is 12.5. The average molecular weight is 300 g/mol. The first kappa shape index (κ1) is 12.7. The highest BCUT2D eigenvalue weighted by atomic mass is 79.9. The molecule has 0 aromatic carbocycles. The van der Waals surface area contributed by atoms with Gasteiger partial charge in [-0.3, -0.25) is 4.79 Å². The summed E-state index contributed by atoms with van der Waals surface area (Å²) in [6.07, 6.45) is 7.44. The molecule has 1 N–H and O–H groups in total. The Kier molecular flexibility index (Phi) is 4.26. The van der Waals surface area contributed by atoms with Crippen LogP contribution in [0.15, 0.2) is 16.7 Å². The largest absolute Gasteiger partial charge is 0.469 e. The van der Waals surface area contributed by atoms with E-state index < -0.39 is 0 Å². The molecule has 1 amide bonds. The van der Waals surface area contributed by atoms with E-state index in [2.05, 4.69) is 21.2 Å². The molecule has 1 saturated carbocycles. The van der Waals surface area contributed by atoms with Gasteiger partial charge in [-0.15, -0.1) is 0 Å². The van der Waals surface area contributed by atoms with Gasteiger partial charge in [0.1, 0.15) is 5.76 Å². The van der Waals surface area contributed by atoms with Crippen LogP contribution in [0.25, 0.3) is 0 Å². The zero-order chi connectivity index (χ0) is 12.3. The highest BCUT2D eigenvalue weighted by Crippen LogP contribution is 2.24. The summed E-state index contributed by atoms with van der Waals surface area (Å²) < 4.78 is 5.15. The van der Waals surface area contributed by atoms with Crippen LogP contribution in [0.4, 0.5) is 0 Å². The Labute approximate surface area is 110 Å². The molecule has 1 aliphatic carbocycles. The molecule has 1 aromatic heterocycles. The number of carbonyl (C=O) groups excluding carboxylic acids is 1. The molecule has 0 spiro atoms. The second-order valence-corrected chi connectivity index (χ2v) is 5.80. The van der Waals surface area contributed by atoms with Crippen LogP contribution < -0.4 is 5.32 Å². The Morgan fingerprint density at radius 1 is 1.41 bits per heavy atom.